The highest BCUT2D eigenvalue weighted by Gasteiger charge is 2.08. The van der Waals surface area contributed by atoms with E-state index < -0.39 is 5.91 Å². The van der Waals surface area contributed by atoms with Gasteiger partial charge < -0.3 is 14.8 Å². The molecule has 1 N–H and O–H groups in total. The average Bonchev–Trinajstić information content (AvgIpc) is 2.51. The number of amides is 1. The molecule has 0 saturated heterocycles. The van der Waals surface area contributed by atoms with Crippen LogP contribution in [0.2, 0.25) is 0 Å². The molecule has 5 nitrogen and oxygen atoms in total. The summed E-state index contributed by atoms with van der Waals surface area (Å²) in [5, 5.41) is 11.7. The molecule has 0 aliphatic carbocycles. The molecule has 22 heavy (non-hydrogen) atoms. The largest absolute Gasteiger partial charge is 0.493 e. The van der Waals surface area contributed by atoms with Gasteiger partial charge in [-0.05, 0) is 29.7 Å². The number of carbonyl (C=O) groups is 1. The molecule has 0 spiro atoms. The molecule has 0 atom stereocenters. The molecule has 0 aromatic heterocycles. The molecule has 0 aliphatic heterocycles. The Balaban J connectivity index is 2.69. The summed E-state index contributed by atoms with van der Waals surface area (Å²) in [5.74, 6) is 0.828. The van der Waals surface area contributed by atoms with Gasteiger partial charge in [-0.3, -0.25) is 4.79 Å². The second-order valence-corrected chi connectivity index (χ2v) is 5.19. The van der Waals surface area contributed by atoms with Crippen molar-refractivity contribution in [1.29, 1.82) is 5.26 Å². The van der Waals surface area contributed by atoms with Crippen LogP contribution in [-0.2, 0) is 9.53 Å². The van der Waals surface area contributed by atoms with Crippen molar-refractivity contribution >= 4 is 12.0 Å². The highest BCUT2D eigenvalue weighted by molar-refractivity contribution is 6.01. The van der Waals surface area contributed by atoms with Gasteiger partial charge in [-0.25, -0.2) is 0 Å². The second kappa shape index (κ2) is 9.59. The number of nitrogens with zero attached hydrogens (tertiary/aromatic N) is 1. The van der Waals surface area contributed by atoms with Crippen LogP contribution in [0, 0.1) is 17.2 Å². The summed E-state index contributed by atoms with van der Waals surface area (Å²) in [5.41, 5.74) is 0.835. The van der Waals surface area contributed by atoms with E-state index in [-0.39, 0.29) is 5.57 Å². The lowest BCUT2D eigenvalue weighted by atomic mass is 10.1. The van der Waals surface area contributed by atoms with Crippen LogP contribution in [0.1, 0.15) is 19.4 Å². The molecule has 1 aromatic carbocycles. The summed E-state index contributed by atoms with van der Waals surface area (Å²) in [4.78, 5) is 11.8. The highest BCUT2D eigenvalue weighted by Crippen LogP contribution is 2.15. The number of benzene rings is 1. The number of hydrogen-bond acceptors (Lipinski definition) is 4. The van der Waals surface area contributed by atoms with Crippen LogP contribution in [-0.4, -0.2) is 32.8 Å². The van der Waals surface area contributed by atoms with E-state index in [9.17, 15) is 4.79 Å². The predicted octanol–water partition coefficient (Wildman–Crippen LogP) is 2.39. The van der Waals surface area contributed by atoms with Crippen molar-refractivity contribution in [1.82, 2.24) is 5.32 Å². The summed E-state index contributed by atoms with van der Waals surface area (Å²) in [6.45, 7) is 5.60. The van der Waals surface area contributed by atoms with E-state index in [0.717, 1.165) is 11.3 Å². The van der Waals surface area contributed by atoms with Gasteiger partial charge >= 0.3 is 0 Å². The first-order valence-electron chi connectivity index (χ1n) is 7.18. The number of methoxy groups -OCH3 is 1. The van der Waals surface area contributed by atoms with Crippen molar-refractivity contribution in [3.63, 3.8) is 0 Å². The highest BCUT2D eigenvalue weighted by atomic mass is 16.5. The lowest BCUT2D eigenvalue weighted by molar-refractivity contribution is -0.117. The van der Waals surface area contributed by atoms with Crippen molar-refractivity contribution in [2.45, 2.75) is 13.8 Å². The molecule has 0 saturated carbocycles. The fourth-order valence-corrected chi connectivity index (χ4v) is 1.60. The Kier molecular flexibility index (Phi) is 7.73. The standard InChI is InChI=1S/C17H22N2O3/c1-13(2)12-22-16-6-4-14(5-7-16)10-15(11-18)17(20)19-8-9-21-3/h4-7,10,13H,8-9,12H2,1-3H3,(H,19,20)/b15-10+. The number of ether oxygens (including phenoxy) is 2. The first-order chi connectivity index (χ1) is 10.6. The number of hydrogen-bond donors (Lipinski definition) is 1. The molecule has 0 bridgehead atoms. The maximum atomic E-state index is 11.8. The zero-order valence-electron chi connectivity index (χ0n) is 13.3. The minimum atomic E-state index is -0.403. The molecule has 0 aliphatic rings. The van der Waals surface area contributed by atoms with E-state index in [0.29, 0.717) is 25.7 Å². The maximum Gasteiger partial charge on any atom is 0.262 e. The minimum absolute atomic E-state index is 0.0620. The molecule has 118 valence electrons. The summed E-state index contributed by atoms with van der Waals surface area (Å²) < 4.78 is 10.4. The van der Waals surface area contributed by atoms with Gasteiger partial charge in [0.15, 0.2) is 0 Å². The maximum absolute atomic E-state index is 11.8. The van der Waals surface area contributed by atoms with Crippen LogP contribution in [0.3, 0.4) is 0 Å². The van der Waals surface area contributed by atoms with Gasteiger partial charge in [0.1, 0.15) is 17.4 Å². The molecular weight excluding hydrogens is 280 g/mol. The van der Waals surface area contributed by atoms with Crippen molar-refractivity contribution in [3.8, 4) is 11.8 Å². The van der Waals surface area contributed by atoms with Crippen molar-refractivity contribution in [3.05, 3.63) is 35.4 Å². The smallest absolute Gasteiger partial charge is 0.262 e. The number of carbonyl (C=O) groups excluding carboxylic acids is 1. The third-order valence-electron chi connectivity index (χ3n) is 2.73. The summed E-state index contributed by atoms with van der Waals surface area (Å²) in [6.07, 6.45) is 1.55. The molecular formula is C17H22N2O3. The van der Waals surface area contributed by atoms with E-state index in [1.807, 2.05) is 30.3 Å². The Labute approximate surface area is 131 Å². The predicted molar refractivity (Wildman–Crippen MR) is 85.3 cm³/mol. The van der Waals surface area contributed by atoms with E-state index in [2.05, 4.69) is 19.2 Å². The van der Waals surface area contributed by atoms with Crippen molar-refractivity contribution < 1.29 is 14.3 Å². The molecule has 0 fully saturated rings. The Morgan fingerprint density at radius 1 is 1.36 bits per heavy atom. The van der Waals surface area contributed by atoms with Crippen LogP contribution in [0.25, 0.3) is 6.08 Å². The lowest BCUT2D eigenvalue weighted by Crippen LogP contribution is -2.27. The third-order valence-corrected chi connectivity index (χ3v) is 2.73. The van der Waals surface area contributed by atoms with E-state index in [4.69, 9.17) is 14.7 Å². The van der Waals surface area contributed by atoms with Gasteiger partial charge in [0, 0.05) is 13.7 Å². The summed E-state index contributed by atoms with van der Waals surface area (Å²) in [6, 6.07) is 9.19. The van der Waals surface area contributed by atoms with Crippen molar-refractivity contribution in [2.75, 3.05) is 26.9 Å². The Bertz CT molecular complexity index is 542. The zero-order valence-corrected chi connectivity index (χ0v) is 13.3. The molecule has 1 aromatic rings. The van der Waals surface area contributed by atoms with Gasteiger partial charge in [0.2, 0.25) is 0 Å². The van der Waals surface area contributed by atoms with Crippen LogP contribution in [0.5, 0.6) is 5.75 Å². The van der Waals surface area contributed by atoms with Crippen LogP contribution in [0.4, 0.5) is 0 Å². The van der Waals surface area contributed by atoms with E-state index >= 15 is 0 Å². The first-order valence-corrected chi connectivity index (χ1v) is 7.18. The van der Waals surface area contributed by atoms with Gasteiger partial charge in [-0.1, -0.05) is 26.0 Å². The van der Waals surface area contributed by atoms with Crippen LogP contribution < -0.4 is 10.1 Å². The average molecular weight is 302 g/mol. The minimum Gasteiger partial charge on any atom is -0.493 e. The second-order valence-electron chi connectivity index (χ2n) is 5.19. The first kappa shape index (κ1) is 17.7. The third kappa shape index (κ3) is 6.42. The topological polar surface area (TPSA) is 71.3 Å². The zero-order chi connectivity index (χ0) is 16.4. The van der Waals surface area contributed by atoms with Gasteiger partial charge in [-0.2, -0.15) is 5.26 Å². The number of nitriles is 1. The Hall–Kier alpha value is -2.32. The van der Waals surface area contributed by atoms with Gasteiger partial charge in [-0.15, -0.1) is 0 Å². The van der Waals surface area contributed by atoms with E-state index in [1.165, 1.54) is 0 Å². The Morgan fingerprint density at radius 2 is 2.05 bits per heavy atom. The van der Waals surface area contributed by atoms with Crippen molar-refractivity contribution in [2.24, 2.45) is 5.92 Å². The normalized spacial score (nSPS) is 11.1. The summed E-state index contributed by atoms with van der Waals surface area (Å²) >= 11 is 0. The lowest BCUT2D eigenvalue weighted by Gasteiger charge is -2.08. The fraction of sp³-hybridized carbons (Fsp3) is 0.412. The molecule has 1 rings (SSSR count). The Morgan fingerprint density at radius 3 is 2.59 bits per heavy atom. The molecule has 0 radical (unpaired) electrons. The molecule has 0 unspecified atom stereocenters. The van der Waals surface area contributed by atoms with Gasteiger partial charge in [0.25, 0.3) is 5.91 Å². The quantitative estimate of drug-likeness (QED) is 0.455. The van der Waals surface area contributed by atoms with Gasteiger partial charge in [0.05, 0.1) is 13.2 Å². The van der Waals surface area contributed by atoms with E-state index in [1.54, 1.807) is 13.2 Å². The molecule has 1 amide bonds. The summed E-state index contributed by atoms with van der Waals surface area (Å²) in [7, 11) is 1.55. The van der Waals surface area contributed by atoms with Crippen LogP contribution in [0.15, 0.2) is 29.8 Å². The van der Waals surface area contributed by atoms with Crippen LogP contribution >= 0.6 is 0 Å². The number of rotatable bonds is 8. The SMILES string of the molecule is COCCNC(=O)/C(C#N)=C/c1ccc(OCC(C)C)cc1. The number of nitrogens with one attached hydrogen (secondary N) is 1. The molecule has 0 heterocycles. The molecule has 5 heteroatoms. The monoisotopic (exact) mass is 302 g/mol. The fourth-order valence-electron chi connectivity index (χ4n) is 1.60.